The first kappa shape index (κ1) is 23.1. The topological polar surface area (TPSA) is 82.8 Å². The molecule has 0 aromatic heterocycles. The Kier molecular flexibility index (Phi) is 7.39. The van der Waals surface area contributed by atoms with E-state index in [0.717, 1.165) is 19.2 Å². The Morgan fingerprint density at radius 1 is 0.889 bits per heavy atom. The Hall–Kier alpha value is -0.220. The van der Waals surface area contributed by atoms with Crippen LogP contribution in [0.2, 0.25) is 0 Å². The van der Waals surface area contributed by atoms with Crippen LogP contribution in [0.15, 0.2) is 0 Å². The van der Waals surface area contributed by atoms with Gasteiger partial charge in [0.25, 0.3) is 0 Å². The summed E-state index contributed by atoms with van der Waals surface area (Å²) in [6, 6.07) is 0. The summed E-state index contributed by atoms with van der Waals surface area (Å²) >= 11 is 0. The van der Waals surface area contributed by atoms with Gasteiger partial charge in [-0.1, -0.05) is 41.5 Å². The first-order valence-electron chi connectivity index (χ1n) is 10.3. The van der Waals surface area contributed by atoms with Gasteiger partial charge >= 0.3 is 0 Å². The highest BCUT2D eigenvalue weighted by Crippen LogP contribution is 2.51. The standard InChI is InChI=1S/C21H40NO4P/c1-20(2,3)16-8-12(23)7-14(18(16)24)15-9-13(25-11-22)10-17(19(15)26-27)21(4,5)6/h11-19,22-24H,7-10,27H2,1-6H3/t12?,13?,14-,15?,16?,17?,18?,19?/m0/s1. The highest BCUT2D eigenvalue weighted by molar-refractivity contribution is 7.09. The number of aliphatic hydroxyl groups excluding tert-OH is 2. The molecule has 158 valence electrons. The second-order valence-corrected chi connectivity index (χ2v) is 11.1. The summed E-state index contributed by atoms with van der Waals surface area (Å²) < 4.78 is 11.6. The van der Waals surface area contributed by atoms with Gasteiger partial charge in [0, 0.05) is 9.47 Å². The average Bonchev–Trinajstić information content (AvgIpc) is 2.54. The van der Waals surface area contributed by atoms with Crippen LogP contribution in [0.4, 0.5) is 0 Å². The lowest BCUT2D eigenvalue weighted by Gasteiger charge is -2.52. The van der Waals surface area contributed by atoms with Crippen molar-refractivity contribution in [3.63, 3.8) is 0 Å². The molecule has 2 fully saturated rings. The molecule has 2 rings (SSSR count). The van der Waals surface area contributed by atoms with E-state index >= 15 is 0 Å². The van der Waals surface area contributed by atoms with Gasteiger partial charge in [0.05, 0.1) is 18.3 Å². The quantitative estimate of drug-likeness (QED) is 0.377. The van der Waals surface area contributed by atoms with Gasteiger partial charge in [-0.25, -0.2) is 0 Å². The molecule has 2 saturated carbocycles. The number of hydrogen-bond donors (Lipinski definition) is 3. The summed E-state index contributed by atoms with van der Waals surface area (Å²) in [4.78, 5) is 0. The summed E-state index contributed by atoms with van der Waals surface area (Å²) in [6.45, 7) is 13.0. The number of nitrogens with one attached hydrogen (secondary N) is 1. The minimum Gasteiger partial charge on any atom is -0.481 e. The van der Waals surface area contributed by atoms with E-state index in [1.165, 1.54) is 0 Å². The number of rotatable bonds is 4. The Labute approximate surface area is 167 Å². The molecule has 9 atom stereocenters. The summed E-state index contributed by atoms with van der Waals surface area (Å²) in [5, 5.41) is 29.3. The van der Waals surface area contributed by atoms with Crippen molar-refractivity contribution in [1.29, 1.82) is 5.41 Å². The van der Waals surface area contributed by atoms with Gasteiger partial charge in [0.1, 0.15) is 6.10 Å². The molecule has 2 aliphatic rings. The van der Waals surface area contributed by atoms with Crippen LogP contribution in [0.3, 0.4) is 0 Å². The van der Waals surface area contributed by atoms with Crippen LogP contribution in [-0.4, -0.2) is 41.0 Å². The molecule has 0 amide bonds. The average molecular weight is 402 g/mol. The van der Waals surface area contributed by atoms with Gasteiger partial charge in [0.15, 0.2) is 6.40 Å². The van der Waals surface area contributed by atoms with Gasteiger partial charge in [-0.15, -0.1) is 0 Å². The van der Waals surface area contributed by atoms with E-state index in [9.17, 15) is 10.2 Å². The van der Waals surface area contributed by atoms with Gasteiger partial charge in [-0.2, -0.15) is 0 Å². The first-order valence-corrected chi connectivity index (χ1v) is 10.7. The molecule has 0 bridgehead atoms. The van der Waals surface area contributed by atoms with Gasteiger partial charge in [-0.3, -0.25) is 5.41 Å². The monoisotopic (exact) mass is 401 g/mol. The van der Waals surface area contributed by atoms with E-state index in [4.69, 9.17) is 14.7 Å². The third-order valence-electron chi connectivity index (χ3n) is 6.98. The van der Waals surface area contributed by atoms with Crippen molar-refractivity contribution in [2.24, 2.45) is 34.5 Å². The van der Waals surface area contributed by atoms with Crippen molar-refractivity contribution in [1.82, 2.24) is 0 Å². The zero-order chi connectivity index (χ0) is 20.6. The maximum absolute atomic E-state index is 11.3. The highest BCUT2D eigenvalue weighted by atomic mass is 31.0. The Morgan fingerprint density at radius 3 is 1.96 bits per heavy atom. The largest absolute Gasteiger partial charge is 0.481 e. The van der Waals surface area contributed by atoms with Gasteiger partial charge in [-0.05, 0) is 60.2 Å². The van der Waals surface area contributed by atoms with Gasteiger partial charge in [0.2, 0.25) is 0 Å². The molecule has 0 aromatic rings. The Balaban J connectivity index is 2.36. The molecule has 0 saturated heterocycles. The lowest BCUT2D eigenvalue weighted by molar-refractivity contribution is -0.136. The molecule has 0 aliphatic heterocycles. The Bertz CT molecular complexity index is 501. The van der Waals surface area contributed by atoms with Crippen LogP contribution in [0.5, 0.6) is 0 Å². The van der Waals surface area contributed by atoms with Crippen LogP contribution in [0.1, 0.15) is 67.2 Å². The predicted molar refractivity (Wildman–Crippen MR) is 112 cm³/mol. The molecular weight excluding hydrogens is 361 g/mol. The maximum atomic E-state index is 11.3. The normalized spacial score (nSPS) is 41.2. The summed E-state index contributed by atoms with van der Waals surface area (Å²) in [5.41, 5.74) is -0.0510. The van der Waals surface area contributed by atoms with Crippen LogP contribution in [0, 0.1) is 39.9 Å². The minimum absolute atomic E-state index is 0.0191. The van der Waals surface area contributed by atoms with E-state index in [-0.39, 0.29) is 46.7 Å². The van der Waals surface area contributed by atoms with E-state index in [2.05, 4.69) is 51.0 Å². The van der Waals surface area contributed by atoms with Crippen LogP contribution >= 0.6 is 9.47 Å². The summed E-state index contributed by atoms with van der Waals surface area (Å²) in [6.07, 6.45) is 2.91. The molecule has 2 aliphatic carbocycles. The predicted octanol–water partition coefficient (Wildman–Crippen LogP) is 4.02. The van der Waals surface area contributed by atoms with E-state index < -0.39 is 12.2 Å². The zero-order valence-corrected chi connectivity index (χ0v) is 19.0. The van der Waals surface area contributed by atoms with Crippen LogP contribution in [-0.2, 0) is 9.26 Å². The lowest BCUT2D eigenvalue weighted by Crippen LogP contribution is -2.54. The first-order chi connectivity index (χ1) is 12.4. The van der Waals surface area contributed by atoms with Crippen molar-refractivity contribution in [3.05, 3.63) is 0 Å². The van der Waals surface area contributed by atoms with Crippen molar-refractivity contribution >= 4 is 15.9 Å². The summed E-state index contributed by atoms with van der Waals surface area (Å²) in [7, 11) is 2.43. The molecule has 8 unspecified atom stereocenters. The molecule has 0 aromatic carbocycles. The van der Waals surface area contributed by atoms with Crippen molar-refractivity contribution in [2.45, 2.75) is 91.6 Å². The minimum atomic E-state index is -0.472. The fourth-order valence-corrected chi connectivity index (χ4v) is 5.88. The fourth-order valence-electron chi connectivity index (χ4n) is 5.49. The third kappa shape index (κ3) is 5.23. The molecular formula is C21H40NO4P. The zero-order valence-electron chi connectivity index (χ0n) is 17.8. The molecule has 0 spiro atoms. The molecule has 6 heteroatoms. The van der Waals surface area contributed by atoms with Crippen molar-refractivity contribution in [2.75, 3.05) is 0 Å². The third-order valence-corrected chi connectivity index (χ3v) is 7.30. The molecule has 3 N–H and O–H groups in total. The van der Waals surface area contributed by atoms with Crippen molar-refractivity contribution in [3.8, 4) is 0 Å². The Morgan fingerprint density at radius 2 is 1.48 bits per heavy atom. The molecule has 5 nitrogen and oxygen atoms in total. The van der Waals surface area contributed by atoms with Crippen molar-refractivity contribution < 1.29 is 19.5 Å². The maximum Gasteiger partial charge on any atom is 0.167 e. The van der Waals surface area contributed by atoms with E-state index in [1.807, 2.05) is 0 Å². The lowest BCUT2D eigenvalue weighted by atomic mass is 9.57. The second-order valence-electron chi connectivity index (χ2n) is 10.8. The van der Waals surface area contributed by atoms with Crippen LogP contribution in [0.25, 0.3) is 0 Å². The van der Waals surface area contributed by atoms with Crippen LogP contribution < -0.4 is 0 Å². The molecule has 0 heterocycles. The molecule has 0 radical (unpaired) electrons. The SMILES string of the molecule is CC(C)(C)C1CC(OC=N)CC([C@@H]2CC(O)CC(C(C)(C)C)C2O)C1OP. The number of hydrogen-bond acceptors (Lipinski definition) is 5. The van der Waals surface area contributed by atoms with E-state index in [1.54, 1.807) is 0 Å². The summed E-state index contributed by atoms with van der Waals surface area (Å²) in [5.74, 6) is 0.345. The number of aliphatic hydroxyl groups is 2. The highest BCUT2D eigenvalue weighted by Gasteiger charge is 2.52. The second kappa shape index (κ2) is 8.65. The smallest absolute Gasteiger partial charge is 0.167 e. The molecule has 27 heavy (non-hydrogen) atoms. The number of ether oxygens (including phenoxy) is 1. The van der Waals surface area contributed by atoms with E-state index in [0.29, 0.717) is 12.8 Å². The fraction of sp³-hybridized carbons (Fsp3) is 0.952. The van der Waals surface area contributed by atoms with Gasteiger partial charge < -0.3 is 19.5 Å².